The van der Waals surface area contributed by atoms with Crippen LogP contribution >= 0.6 is 0 Å². The van der Waals surface area contributed by atoms with E-state index in [9.17, 15) is 4.79 Å². The van der Waals surface area contributed by atoms with Gasteiger partial charge in [0.2, 0.25) is 0 Å². The number of aromatic nitrogens is 4. The highest BCUT2D eigenvalue weighted by Gasteiger charge is 2.18. The molecular formula is C21H15N5O. The predicted molar refractivity (Wildman–Crippen MR) is 102 cm³/mol. The quantitative estimate of drug-likeness (QED) is 0.607. The molecule has 4 aromatic heterocycles. The van der Waals surface area contributed by atoms with Crippen LogP contribution in [0, 0.1) is 0 Å². The molecule has 0 fully saturated rings. The van der Waals surface area contributed by atoms with Gasteiger partial charge in [-0.15, -0.1) is 0 Å². The van der Waals surface area contributed by atoms with E-state index in [-0.39, 0.29) is 0 Å². The summed E-state index contributed by atoms with van der Waals surface area (Å²) in [7, 11) is 0. The molecular weight excluding hydrogens is 338 g/mol. The van der Waals surface area contributed by atoms with Crippen molar-refractivity contribution in [3.05, 3.63) is 85.1 Å². The standard InChI is InChI=1S/C21H15N5O/c22-21(27)17-13-23-12-8-14(17)15-5-3-10-25-19(15)20-16(6-4-11-26-20)18-7-1-2-9-24-18/h1-13H,(H2,22,27). The van der Waals surface area contributed by atoms with Crippen molar-refractivity contribution >= 4 is 5.91 Å². The van der Waals surface area contributed by atoms with Crippen molar-refractivity contribution < 1.29 is 4.79 Å². The molecule has 6 heteroatoms. The van der Waals surface area contributed by atoms with E-state index in [1.165, 1.54) is 6.20 Å². The number of amides is 1. The average Bonchev–Trinajstić information content (AvgIpc) is 2.74. The molecule has 6 nitrogen and oxygen atoms in total. The van der Waals surface area contributed by atoms with Crippen LogP contribution in [0.1, 0.15) is 10.4 Å². The summed E-state index contributed by atoms with van der Waals surface area (Å²) >= 11 is 0. The number of hydrogen-bond donors (Lipinski definition) is 1. The maximum atomic E-state index is 11.9. The summed E-state index contributed by atoms with van der Waals surface area (Å²) in [5, 5.41) is 0. The van der Waals surface area contributed by atoms with Crippen LogP contribution in [0.3, 0.4) is 0 Å². The third kappa shape index (κ3) is 3.16. The summed E-state index contributed by atoms with van der Waals surface area (Å²) in [6.07, 6.45) is 8.23. The Balaban J connectivity index is 1.96. The molecule has 0 bridgehead atoms. The van der Waals surface area contributed by atoms with Gasteiger partial charge >= 0.3 is 0 Å². The molecule has 0 unspecified atom stereocenters. The van der Waals surface area contributed by atoms with Gasteiger partial charge in [0.15, 0.2) is 0 Å². The van der Waals surface area contributed by atoms with Gasteiger partial charge in [-0.25, -0.2) is 0 Å². The Labute approximate surface area is 155 Å². The molecule has 2 N–H and O–H groups in total. The second-order valence-electron chi connectivity index (χ2n) is 5.80. The molecule has 130 valence electrons. The summed E-state index contributed by atoms with van der Waals surface area (Å²) in [5.41, 5.74) is 10.3. The molecule has 27 heavy (non-hydrogen) atoms. The van der Waals surface area contributed by atoms with Crippen molar-refractivity contribution in [2.45, 2.75) is 0 Å². The van der Waals surface area contributed by atoms with Gasteiger partial charge in [-0.3, -0.25) is 24.7 Å². The summed E-state index contributed by atoms with van der Waals surface area (Å²) in [6, 6.07) is 15.0. The highest BCUT2D eigenvalue weighted by atomic mass is 16.1. The lowest BCUT2D eigenvalue weighted by Crippen LogP contribution is -2.13. The van der Waals surface area contributed by atoms with Crippen molar-refractivity contribution in [2.24, 2.45) is 5.73 Å². The zero-order chi connectivity index (χ0) is 18.6. The third-order valence-corrected chi connectivity index (χ3v) is 4.16. The number of nitrogens with two attached hydrogens (primary N) is 1. The molecule has 0 aliphatic rings. The van der Waals surface area contributed by atoms with Crippen molar-refractivity contribution in [2.75, 3.05) is 0 Å². The maximum Gasteiger partial charge on any atom is 0.250 e. The number of carbonyl (C=O) groups is 1. The predicted octanol–water partition coefficient (Wildman–Crippen LogP) is 3.37. The molecule has 1 amide bonds. The largest absolute Gasteiger partial charge is 0.366 e. The van der Waals surface area contributed by atoms with Gasteiger partial charge in [0.05, 0.1) is 22.6 Å². The normalized spacial score (nSPS) is 10.5. The van der Waals surface area contributed by atoms with E-state index in [0.29, 0.717) is 22.5 Å². The molecule has 0 aliphatic carbocycles. The summed E-state index contributed by atoms with van der Waals surface area (Å²) < 4.78 is 0. The van der Waals surface area contributed by atoms with Gasteiger partial charge in [-0.2, -0.15) is 0 Å². The van der Waals surface area contributed by atoms with Crippen LogP contribution in [0.2, 0.25) is 0 Å². The second-order valence-corrected chi connectivity index (χ2v) is 5.80. The zero-order valence-corrected chi connectivity index (χ0v) is 14.3. The Morgan fingerprint density at radius 1 is 0.704 bits per heavy atom. The Kier molecular flexibility index (Phi) is 4.37. The molecule has 0 spiro atoms. The van der Waals surface area contributed by atoms with Crippen LogP contribution < -0.4 is 5.73 Å². The van der Waals surface area contributed by atoms with Crippen LogP contribution in [0.25, 0.3) is 33.8 Å². The molecule has 4 rings (SSSR count). The fraction of sp³-hybridized carbons (Fsp3) is 0. The van der Waals surface area contributed by atoms with Crippen LogP contribution in [-0.4, -0.2) is 25.8 Å². The second kappa shape index (κ2) is 7.13. The molecule has 0 aromatic carbocycles. The molecule has 0 atom stereocenters. The first-order chi connectivity index (χ1) is 13.3. The minimum atomic E-state index is -0.543. The fourth-order valence-corrected chi connectivity index (χ4v) is 2.96. The van der Waals surface area contributed by atoms with E-state index in [1.54, 1.807) is 30.9 Å². The number of hydrogen-bond acceptors (Lipinski definition) is 5. The molecule has 0 radical (unpaired) electrons. The van der Waals surface area contributed by atoms with Gasteiger partial charge in [0.25, 0.3) is 5.91 Å². The van der Waals surface area contributed by atoms with Crippen LogP contribution in [-0.2, 0) is 0 Å². The van der Waals surface area contributed by atoms with E-state index in [0.717, 1.165) is 16.8 Å². The van der Waals surface area contributed by atoms with E-state index < -0.39 is 5.91 Å². The highest BCUT2D eigenvalue weighted by Crippen LogP contribution is 2.35. The van der Waals surface area contributed by atoms with Crippen molar-refractivity contribution in [1.29, 1.82) is 0 Å². The minimum absolute atomic E-state index is 0.335. The van der Waals surface area contributed by atoms with Gasteiger partial charge in [0.1, 0.15) is 0 Å². The number of primary amides is 1. The topological polar surface area (TPSA) is 94.7 Å². The van der Waals surface area contributed by atoms with Crippen molar-refractivity contribution in [3.8, 4) is 33.8 Å². The van der Waals surface area contributed by atoms with Crippen LogP contribution in [0.15, 0.2) is 79.5 Å². The number of carbonyl (C=O) groups excluding carboxylic acids is 1. The SMILES string of the molecule is NC(=O)c1cnccc1-c1cccnc1-c1ncccc1-c1ccccn1. The van der Waals surface area contributed by atoms with Crippen molar-refractivity contribution in [3.63, 3.8) is 0 Å². The first-order valence-electron chi connectivity index (χ1n) is 8.31. The van der Waals surface area contributed by atoms with E-state index in [2.05, 4.69) is 19.9 Å². The Morgan fingerprint density at radius 2 is 1.41 bits per heavy atom. The fourth-order valence-electron chi connectivity index (χ4n) is 2.96. The number of pyridine rings is 4. The Hall–Kier alpha value is -3.93. The number of rotatable bonds is 4. The van der Waals surface area contributed by atoms with Gasteiger partial charge in [0, 0.05) is 42.1 Å². The summed E-state index contributed by atoms with van der Waals surface area (Å²) in [5.74, 6) is -0.543. The lowest BCUT2D eigenvalue weighted by Gasteiger charge is -2.13. The molecule has 0 saturated heterocycles. The van der Waals surface area contributed by atoms with Crippen molar-refractivity contribution in [1.82, 2.24) is 19.9 Å². The summed E-state index contributed by atoms with van der Waals surface area (Å²) in [4.78, 5) is 29.4. The van der Waals surface area contributed by atoms with E-state index in [4.69, 9.17) is 5.73 Å². The van der Waals surface area contributed by atoms with E-state index in [1.807, 2.05) is 42.5 Å². The Bertz CT molecular complexity index is 1110. The monoisotopic (exact) mass is 353 g/mol. The van der Waals surface area contributed by atoms with Gasteiger partial charge in [-0.1, -0.05) is 12.1 Å². The first kappa shape index (κ1) is 16.5. The minimum Gasteiger partial charge on any atom is -0.366 e. The highest BCUT2D eigenvalue weighted by molar-refractivity contribution is 6.01. The van der Waals surface area contributed by atoms with Crippen LogP contribution in [0.5, 0.6) is 0 Å². The average molecular weight is 353 g/mol. The van der Waals surface area contributed by atoms with E-state index >= 15 is 0 Å². The lowest BCUT2D eigenvalue weighted by molar-refractivity contribution is 0.100. The molecule has 4 heterocycles. The third-order valence-electron chi connectivity index (χ3n) is 4.16. The molecule has 0 saturated carbocycles. The molecule has 0 aliphatic heterocycles. The molecule has 4 aromatic rings. The van der Waals surface area contributed by atoms with Gasteiger partial charge in [-0.05, 0) is 42.0 Å². The lowest BCUT2D eigenvalue weighted by atomic mass is 9.96. The summed E-state index contributed by atoms with van der Waals surface area (Å²) in [6.45, 7) is 0. The zero-order valence-electron chi connectivity index (χ0n) is 14.3. The van der Waals surface area contributed by atoms with Gasteiger partial charge < -0.3 is 5.73 Å². The van der Waals surface area contributed by atoms with Crippen LogP contribution in [0.4, 0.5) is 0 Å². The first-order valence-corrected chi connectivity index (χ1v) is 8.31. The maximum absolute atomic E-state index is 11.9. The smallest absolute Gasteiger partial charge is 0.250 e. The Morgan fingerprint density at radius 3 is 2.11 bits per heavy atom. The number of nitrogens with zero attached hydrogens (tertiary/aromatic N) is 4.